The molecule has 2 aromatic rings. The number of fused-ring (bicyclic) bond motifs is 1. The van der Waals surface area contributed by atoms with Gasteiger partial charge in [0.15, 0.2) is 0 Å². The van der Waals surface area contributed by atoms with Crippen molar-refractivity contribution >= 4 is 17.7 Å². The molecule has 6 heteroatoms. The molecule has 3 rings (SSSR count). The van der Waals surface area contributed by atoms with Gasteiger partial charge in [-0.25, -0.2) is 4.90 Å². The van der Waals surface area contributed by atoms with E-state index in [2.05, 4.69) is 13.8 Å². The summed E-state index contributed by atoms with van der Waals surface area (Å²) in [5.74, 6) is -1.95. The van der Waals surface area contributed by atoms with Gasteiger partial charge in [0.2, 0.25) is 5.91 Å². The Morgan fingerprint density at radius 3 is 2.17 bits per heavy atom. The molecule has 0 saturated heterocycles. The van der Waals surface area contributed by atoms with Crippen LogP contribution in [0.5, 0.6) is 5.75 Å². The van der Waals surface area contributed by atoms with Crippen LogP contribution in [0.2, 0.25) is 0 Å². The highest BCUT2D eigenvalue weighted by atomic mass is 16.5. The number of nitrogens with zero attached hydrogens (tertiary/aromatic N) is 1. The van der Waals surface area contributed by atoms with Crippen molar-refractivity contribution in [2.45, 2.75) is 39.7 Å². The zero-order valence-electron chi connectivity index (χ0n) is 17.5. The van der Waals surface area contributed by atoms with Crippen LogP contribution in [-0.2, 0) is 4.79 Å². The molecule has 0 saturated carbocycles. The summed E-state index contributed by atoms with van der Waals surface area (Å²) in [6.45, 7) is 6.32. The van der Waals surface area contributed by atoms with E-state index in [4.69, 9.17) is 4.74 Å². The van der Waals surface area contributed by atoms with Gasteiger partial charge in [0.25, 0.3) is 11.8 Å². The van der Waals surface area contributed by atoms with Crippen LogP contribution in [0.1, 0.15) is 66.0 Å². The van der Waals surface area contributed by atoms with Gasteiger partial charge in [0.1, 0.15) is 5.75 Å². The van der Waals surface area contributed by atoms with Gasteiger partial charge in [-0.3, -0.25) is 14.4 Å². The Hall–Kier alpha value is -2.99. The van der Waals surface area contributed by atoms with Crippen LogP contribution in [0.3, 0.4) is 0 Å². The average Bonchev–Trinajstić information content (AvgIpc) is 3.03. The molecular weight excluding hydrogens is 382 g/mol. The minimum absolute atomic E-state index is 0.203. The van der Waals surface area contributed by atoms with Gasteiger partial charge < -0.3 is 9.84 Å². The Morgan fingerprint density at radius 2 is 1.60 bits per heavy atom. The smallest absolute Gasteiger partial charge is 0.268 e. The molecule has 0 unspecified atom stereocenters. The zero-order chi connectivity index (χ0) is 21.8. The van der Waals surface area contributed by atoms with Crippen LogP contribution in [0.15, 0.2) is 48.5 Å². The van der Waals surface area contributed by atoms with Crippen molar-refractivity contribution in [2.24, 2.45) is 11.8 Å². The Morgan fingerprint density at radius 1 is 1.00 bits per heavy atom. The third kappa shape index (κ3) is 4.14. The number of hydrogen-bond donors (Lipinski definition) is 1. The minimum Gasteiger partial charge on any atom is -0.493 e. The van der Waals surface area contributed by atoms with Crippen molar-refractivity contribution in [1.82, 2.24) is 4.90 Å². The summed E-state index contributed by atoms with van der Waals surface area (Å²) in [6, 6.07) is 13.3. The van der Waals surface area contributed by atoms with E-state index in [9.17, 15) is 19.5 Å². The maximum absolute atomic E-state index is 12.9. The monoisotopic (exact) mass is 409 g/mol. The van der Waals surface area contributed by atoms with Crippen molar-refractivity contribution in [2.75, 3.05) is 6.61 Å². The number of aliphatic hydroxyl groups excluding tert-OH is 1. The Labute approximate surface area is 176 Å². The quantitative estimate of drug-likeness (QED) is 0.667. The number of benzene rings is 2. The molecule has 0 fully saturated rings. The summed E-state index contributed by atoms with van der Waals surface area (Å²) < 4.78 is 5.84. The van der Waals surface area contributed by atoms with Crippen molar-refractivity contribution < 1.29 is 24.2 Å². The maximum Gasteiger partial charge on any atom is 0.268 e. The van der Waals surface area contributed by atoms with Crippen LogP contribution < -0.4 is 4.74 Å². The second kappa shape index (κ2) is 9.22. The number of amides is 3. The highest BCUT2D eigenvalue weighted by Crippen LogP contribution is 2.30. The lowest BCUT2D eigenvalue weighted by molar-refractivity contribution is -0.133. The first kappa shape index (κ1) is 21.7. The summed E-state index contributed by atoms with van der Waals surface area (Å²) in [4.78, 5) is 38.7. The number of hydrogen-bond acceptors (Lipinski definition) is 5. The molecule has 0 radical (unpaired) electrons. The molecule has 2 atom stereocenters. The molecule has 6 nitrogen and oxygen atoms in total. The lowest BCUT2D eigenvalue weighted by Crippen LogP contribution is -2.41. The second-order valence-corrected chi connectivity index (χ2v) is 7.63. The van der Waals surface area contributed by atoms with Crippen molar-refractivity contribution in [3.8, 4) is 5.75 Å². The normalized spacial score (nSPS) is 15.3. The van der Waals surface area contributed by atoms with E-state index in [-0.39, 0.29) is 11.1 Å². The van der Waals surface area contributed by atoms with E-state index in [1.54, 1.807) is 36.4 Å². The number of ether oxygens (including phenoxy) is 1. The lowest BCUT2D eigenvalue weighted by atomic mass is 9.96. The fourth-order valence-corrected chi connectivity index (χ4v) is 3.54. The summed E-state index contributed by atoms with van der Waals surface area (Å²) >= 11 is 0. The summed E-state index contributed by atoms with van der Waals surface area (Å²) in [6.07, 6.45) is 0.855. The highest BCUT2D eigenvalue weighted by molar-refractivity contribution is 6.29. The minimum atomic E-state index is -1.18. The number of carbonyl (C=O) groups excluding carboxylic acids is 3. The van der Waals surface area contributed by atoms with Gasteiger partial charge in [0.05, 0.1) is 29.8 Å². The van der Waals surface area contributed by atoms with Crippen LogP contribution in [0.25, 0.3) is 0 Å². The van der Waals surface area contributed by atoms with Crippen molar-refractivity contribution in [1.29, 1.82) is 0 Å². The third-order valence-corrected chi connectivity index (χ3v) is 5.72. The lowest BCUT2D eigenvalue weighted by Gasteiger charge is -2.22. The first-order chi connectivity index (χ1) is 14.4. The first-order valence-electron chi connectivity index (χ1n) is 10.3. The molecular formula is C24H27NO5. The maximum atomic E-state index is 12.9. The molecule has 1 N–H and O–H groups in total. The molecule has 0 aliphatic carbocycles. The number of carbonyl (C=O) groups is 3. The summed E-state index contributed by atoms with van der Waals surface area (Å²) in [7, 11) is 0. The first-order valence-corrected chi connectivity index (χ1v) is 10.3. The average molecular weight is 409 g/mol. The van der Waals surface area contributed by atoms with E-state index < -0.39 is 29.7 Å². The second-order valence-electron chi connectivity index (χ2n) is 7.63. The van der Waals surface area contributed by atoms with Gasteiger partial charge >= 0.3 is 0 Å². The van der Waals surface area contributed by atoms with Gasteiger partial charge in [-0.05, 0) is 35.7 Å². The standard InChI is InChI=1S/C24H27NO5/c1-4-16(5-2)14-30-18-10-8-9-17(13-18)21(26)15(3)22(27)25-23(28)19-11-6-7-12-20(19)24(25)29/h6-13,15-16,21,26H,4-5,14H2,1-3H3/t15-,21+/m0/s1. The Bertz CT molecular complexity index is 915. The van der Waals surface area contributed by atoms with E-state index in [1.807, 2.05) is 0 Å². The van der Waals surface area contributed by atoms with Gasteiger partial charge in [-0.1, -0.05) is 57.9 Å². The molecule has 158 valence electrons. The molecule has 2 aromatic carbocycles. The summed E-state index contributed by atoms with van der Waals surface area (Å²) in [5.41, 5.74) is 0.901. The predicted molar refractivity (Wildman–Crippen MR) is 112 cm³/mol. The van der Waals surface area contributed by atoms with Crippen LogP contribution in [0.4, 0.5) is 0 Å². The number of imide groups is 3. The predicted octanol–water partition coefficient (Wildman–Crippen LogP) is 3.99. The van der Waals surface area contributed by atoms with Gasteiger partial charge in [-0.2, -0.15) is 0 Å². The number of aliphatic hydroxyl groups is 1. The van der Waals surface area contributed by atoms with E-state index in [0.717, 1.165) is 12.8 Å². The molecule has 3 amide bonds. The molecule has 0 spiro atoms. The van der Waals surface area contributed by atoms with Gasteiger partial charge in [0, 0.05) is 0 Å². The zero-order valence-corrected chi connectivity index (χ0v) is 17.5. The molecule has 30 heavy (non-hydrogen) atoms. The van der Waals surface area contributed by atoms with Crippen LogP contribution in [0, 0.1) is 11.8 Å². The molecule has 0 bridgehead atoms. The Kier molecular flexibility index (Phi) is 6.67. The fourth-order valence-electron chi connectivity index (χ4n) is 3.54. The molecule has 0 aromatic heterocycles. The third-order valence-electron chi connectivity index (χ3n) is 5.72. The Balaban J connectivity index is 1.74. The van der Waals surface area contributed by atoms with Gasteiger partial charge in [-0.15, -0.1) is 0 Å². The van der Waals surface area contributed by atoms with E-state index in [1.165, 1.54) is 19.1 Å². The topological polar surface area (TPSA) is 83.9 Å². The van der Waals surface area contributed by atoms with Crippen molar-refractivity contribution in [3.63, 3.8) is 0 Å². The fraction of sp³-hybridized carbons (Fsp3) is 0.375. The SMILES string of the molecule is CCC(CC)COc1cccc([C@H](O)[C@H](C)C(=O)N2C(=O)c3ccccc3C2=O)c1. The molecule has 1 aliphatic rings. The largest absolute Gasteiger partial charge is 0.493 e. The van der Waals surface area contributed by atoms with Crippen LogP contribution in [-0.4, -0.2) is 34.3 Å². The highest BCUT2D eigenvalue weighted by Gasteiger charge is 2.42. The van der Waals surface area contributed by atoms with E-state index in [0.29, 0.717) is 28.7 Å². The molecule has 1 aliphatic heterocycles. The number of rotatable bonds is 8. The van der Waals surface area contributed by atoms with E-state index >= 15 is 0 Å². The summed E-state index contributed by atoms with van der Waals surface area (Å²) in [5, 5.41) is 10.8. The van der Waals surface area contributed by atoms with Crippen LogP contribution >= 0.6 is 0 Å². The van der Waals surface area contributed by atoms with Crippen molar-refractivity contribution in [3.05, 3.63) is 65.2 Å². The molecule has 1 heterocycles.